The Morgan fingerprint density at radius 1 is 1.42 bits per heavy atom. The van der Waals surface area contributed by atoms with E-state index in [1.807, 2.05) is 18.7 Å². The molecule has 0 saturated carbocycles. The molecule has 0 aliphatic carbocycles. The Morgan fingerprint density at radius 3 is 2.58 bits per heavy atom. The number of esters is 1. The number of nitrogens with two attached hydrogens (primary N) is 1. The van der Waals surface area contributed by atoms with Crippen LogP contribution in [-0.2, 0) is 22.6 Å². The third-order valence-electron chi connectivity index (χ3n) is 3.04. The molecule has 0 aromatic heterocycles. The number of hydrogen-bond donors (Lipinski definition) is 1. The molecular formula is C14H21FN2O2. The summed E-state index contributed by atoms with van der Waals surface area (Å²) in [4.78, 5) is 13.2. The number of nitrogens with zero attached hydrogens (tertiary/aromatic N) is 1. The van der Waals surface area contributed by atoms with E-state index in [4.69, 9.17) is 5.73 Å². The highest BCUT2D eigenvalue weighted by Gasteiger charge is 2.17. The molecule has 1 aromatic rings. The molecule has 19 heavy (non-hydrogen) atoms. The van der Waals surface area contributed by atoms with Gasteiger partial charge >= 0.3 is 5.97 Å². The molecule has 0 bridgehead atoms. The van der Waals surface area contributed by atoms with Gasteiger partial charge in [-0.25, -0.2) is 4.39 Å². The molecule has 0 amide bonds. The van der Waals surface area contributed by atoms with E-state index in [1.165, 1.54) is 7.11 Å². The van der Waals surface area contributed by atoms with Gasteiger partial charge in [0.25, 0.3) is 0 Å². The Bertz CT molecular complexity index is 435. The molecule has 4 nitrogen and oxygen atoms in total. The van der Waals surface area contributed by atoms with E-state index < -0.39 is 0 Å². The quantitative estimate of drug-likeness (QED) is 0.797. The molecule has 0 unspecified atom stereocenters. The smallest absolute Gasteiger partial charge is 0.319 e. The molecule has 0 fully saturated rings. The second-order valence-corrected chi connectivity index (χ2v) is 4.67. The lowest BCUT2D eigenvalue weighted by atomic mass is 10.1. The second kappa shape index (κ2) is 7.21. The number of carbonyl (C=O) groups is 1. The molecular weight excluding hydrogens is 247 g/mol. The molecule has 0 aliphatic heterocycles. The summed E-state index contributed by atoms with van der Waals surface area (Å²) >= 11 is 0. The minimum absolute atomic E-state index is 0.111. The summed E-state index contributed by atoms with van der Waals surface area (Å²) in [5.41, 5.74) is 6.51. The first kappa shape index (κ1) is 15.6. The summed E-state index contributed by atoms with van der Waals surface area (Å²) in [5.74, 6) is -0.621. The Labute approximate surface area is 113 Å². The van der Waals surface area contributed by atoms with Crippen LogP contribution in [0.3, 0.4) is 0 Å². The SMILES string of the molecule is COC(=O)CN(Cc1cccc(CN)c1F)C(C)C. The molecule has 0 aliphatic rings. The van der Waals surface area contributed by atoms with Crippen molar-refractivity contribution in [2.75, 3.05) is 13.7 Å². The third-order valence-corrected chi connectivity index (χ3v) is 3.04. The first-order valence-electron chi connectivity index (χ1n) is 6.26. The van der Waals surface area contributed by atoms with Gasteiger partial charge in [-0.15, -0.1) is 0 Å². The van der Waals surface area contributed by atoms with E-state index >= 15 is 0 Å². The van der Waals surface area contributed by atoms with Gasteiger partial charge in [0.1, 0.15) is 5.82 Å². The van der Waals surface area contributed by atoms with Crippen molar-refractivity contribution >= 4 is 5.97 Å². The van der Waals surface area contributed by atoms with Gasteiger partial charge < -0.3 is 10.5 Å². The van der Waals surface area contributed by atoms with Gasteiger partial charge in [-0.1, -0.05) is 18.2 Å². The van der Waals surface area contributed by atoms with Crippen molar-refractivity contribution in [2.45, 2.75) is 33.0 Å². The zero-order chi connectivity index (χ0) is 14.4. The lowest BCUT2D eigenvalue weighted by Gasteiger charge is -2.25. The van der Waals surface area contributed by atoms with Gasteiger partial charge in [0, 0.05) is 30.3 Å². The first-order chi connectivity index (χ1) is 8.99. The molecule has 1 aromatic carbocycles. The predicted molar refractivity (Wildman–Crippen MR) is 71.9 cm³/mol. The van der Waals surface area contributed by atoms with Crippen LogP contribution in [0.2, 0.25) is 0 Å². The van der Waals surface area contributed by atoms with Gasteiger partial charge in [0.2, 0.25) is 0 Å². The largest absolute Gasteiger partial charge is 0.468 e. The van der Waals surface area contributed by atoms with Crippen LogP contribution in [0.1, 0.15) is 25.0 Å². The van der Waals surface area contributed by atoms with Gasteiger partial charge in [0.15, 0.2) is 0 Å². The number of hydrogen-bond acceptors (Lipinski definition) is 4. The minimum Gasteiger partial charge on any atom is -0.468 e. The molecule has 106 valence electrons. The number of rotatable bonds is 6. The fourth-order valence-electron chi connectivity index (χ4n) is 1.78. The zero-order valence-electron chi connectivity index (χ0n) is 11.6. The highest BCUT2D eigenvalue weighted by atomic mass is 19.1. The van der Waals surface area contributed by atoms with Crippen molar-refractivity contribution in [3.63, 3.8) is 0 Å². The fourth-order valence-corrected chi connectivity index (χ4v) is 1.78. The van der Waals surface area contributed by atoms with Crippen LogP contribution in [0.15, 0.2) is 18.2 Å². The molecule has 0 heterocycles. The summed E-state index contributed by atoms with van der Waals surface area (Å²) in [5, 5.41) is 0. The van der Waals surface area contributed by atoms with E-state index in [1.54, 1.807) is 18.2 Å². The monoisotopic (exact) mass is 268 g/mol. The van der Waals surface area contributed by atoms with Gasteiger partial charge in [-0.2, -0.15) is 0 Å². The Morgan fingerprint density at radius 2 is 2.05 bits per heavy atom. The van der Waals surface area contributed by atoms with Crippen molar-refractivity contribution in [2.24, 2.45) is 5.73 Å². The molecule has 1 rings (SSSR count). The zero-order valence-corrected chi connectivity index (χ0v) is 11.6. The predicted octanol–water partition coefficient (Wildman–Crippen LogP) is 1.67. The Kier molecular flexibility index (Phi) is 5.92. The van der Waals surface area contributed by atoms with Crippen molar-refractivity contribution in [1.82, 2.24) is 4.90 Å². The lowest BCUT2D eigenvalue weighted by molar-refractivity contribution is -0.142. The fraction of sp³-hybridized carbons (Fsp3) is 0.500. The summed E-state index contributed by atoms with van der Waals surface area (Å²) in [7, 11) is 1.34. The molecule has 2 N–H and O–H groups in total. The van der Waals surface area contributed by atoms with Crippen LogP contribution >= 0.6 is 0 Å². The summed E-state index contributed by atoms with van der Waals surface area (Å²) in [6, 6.07) is 5.26. The van der Waals surface area contributed by atoms with E-state index in [2.05, 4.69) is 4.74 Å². The van der Waals surface area contributed by atoms with Crippen molar-refractivity contribution < 1.29 is 13.9 Å². The van der Waals surface area contributed by atoms with E-state index in [9.17, 15) is 9.18 Å². The van der Waals surface area contributed by atoms with Crippen LogP contribution in [0.25, 0.3) is 0 Å². The number of benzene rings is 1. The number of carbonyl (C=O) groups excluding carboxylic acids is 1. The van der Waals surface area contributed by atoms with Crippen molar-refractivity contribution in [1.29, 1.82) is 0 Å². The number of ether oxygens (including phenoxy) is 1. The van der Waals surface area contributed by atoms with Crippen LogP contribution in [0, 0.1) is 5.82 Å². The van der Waals surface area contributed by atoms with Gasteiger partial charge in [0.05, 0.1) is 13.7 Å². The summed E-state index contributed by atoms with van der Waals surface area (Å²) in [6.45, 7) is 4.56. The third kappa shape index (κ3) is 4.29. The number of halogens is 1. The maximum Gasteiger partial charge on any atom is 0.319 e. The van der Waals surface area contributed by atoms with E-state index in [-0.39, 0.29) is 30.9 Å². The normalized spacial score (nSPS) is 11.1. The summed E-state index contributed by atoms with van der Waals surface area (Å²) < 4.78 is 18.7. The molecule has 0 spiro atoms. The van der Waals surface area contributed by atoms with Crippen molar-refractivity contribution in [3.05, 3.63) is 35.1 Å². The van der Waals surface area contributed by atoms with Gasteiger partial charge in [-0.3, -0.25) is 9.69 Å². The maximum absolute atomic E-state index is 14.1. The first-order valence-corrected chi connectivity index (χ1v) is 6.26. The van der Waals surface area contributed by atoms with Crippen LogP contribution in [0.5, 0.6) is 0 Å². The average molecular weight is 268 g/mol. The highest BCUT2D eigenvalue weighted by molar-refractivity contribution is 5.71. The van der Waals surface area contributed by atoms with Crippen LogP contribution in [-0.4, -0.2) is 30.6 Å². The minimum atomic E-state index is -0.330. The molecule has 0 saturated heterocycles. The molecule has 5 heteroatoms. The van der Waals surface area contributed by atoms with E-state index in [0.717, 1.165) is 0 Å². The lowest BCUT2D eigenvalue weighted by Crippen LogP contribution is -2.36. The number of methoxy groups -OCH3 is 1. The topological polar surface area (TPSA) is 55.6 Å². The van der Waals surface area contributed by atoms with Crippen LogP contribution < -0.4 is 5.73 Å². The van der Waals surface area contributed by atoms with E-state index in [0.29, 0.717) is 17.7 Å². The van der Waals surface area contributed by atoms with Gasteiger partial charge in [-0.05, 0) is 13.8 Å². The van der Waals surface area contributed by atoms with Crippen molar-refractivity contribution in [3.8, 4) is 0 Å². The Balaban J connectivity index is 2.87. The van der Waals surface area contributed by atoms with Crippen LogP contribution in [0.4, 0.5) is 4.39 Å². The summed E-state index contributed by atoms with van der Waals surface area (Å²) in [6.07, 6.45) is 0. The highest BCUT2D eigenvalue weighted by Crippen LogP contribution is 2.16. The Hall–Kier alpha value is -1.46. The molecule has 0 atom stereocenters. The average Bonchev–Trinajstić information content (AvgIpc) is 2.39. The second-order valence-electron chi connectivity index (χ2n) is 4.67. The molecule has 0 radical (unpaired) electrons. The standard InChI is InChI=1S/C14H21FN2O2/c1-10(2)17(9-13(18)19-3)8-12-6-4-5-11(7-16)14(12)15/h4-6,10H,7-9,16H2,1-3H3. The maximum atomic E-state index is 14.1.